The molecule has 1 aliphatic heterocycles. The first-order valence-corrected chi connectivity index (χ1v) is 8.67. The summed E-state index contributed by atoms with van der Waals surface area (Å²) in [7, 11) is 0. The molecule has 1 amide bonds. The minimum absolute atomic E-state index is 0.0603. The van der Waals surface area contributed by atoms with Gasteiger partial charge in [-0.25, -0.2) is 9.97 Å². The second kappa shape index (κ2) is 7.09. The summed E-state index contributed by atoms with van der Waals surface area (Å²) < 4.78 is 38.3. The van der Waals surface area contributed by atoms with Gasteiger partial charge in [-0.3, -0.25) is 4.79 Å². The van der Waals surface area contributed by atoms with Crippen molar-refractivity contribution in [3.05, 3.63) is 45.2 Å². The first-order valence-electron chi connectivity index (χ1n) is 7.86. The van der Waals surface area contributed by atoms with Gasteiger partial charge >= 0.3 is 6.18 Å². The molecule has 9 heteroatoms. The first-order chi connectivity index (χ1) is 11.8. The molecule has 0 bridgehead atoms. The molecule has 1 unspecified atom stereocenters. The van der Waals surface area contributed by atoms with Gasteiger partial charge in [-0.2, -0.15) is 13.2 Å². The zero-order chi connectivity index (χ0) is 18.0. The van der Waals surface area contributed by atoms with Crippen LogP contribution >= 0.6 is 11.3 Å². The number of nitrogens with one attached hydrogen (secondary N) is 2. The highest BCUT2D eigenvalue weighted by Gasteiger charge is 2.33. The summed E-state index contributed by atoms with van der Waals surface area (Å²) in [4.78, 5) is 21.3. The lowest BCUT2D eigenvalue weighted by Crippen LogP contribution is -2.24. The molecule has 3 rings (SSSR count). The van der Waals surface area contributed by atoms with Gasteiger partial charge in [0.25, 0.3) is 5.91 Å². The number of hydrogen-bond acceptors (Lipinski definition) is 5. The Bertz CT molecular complexity index is 769. The molecule has 0 aliphatic carbocycles. The molecule has 1 aliphatic rings. The summed E-state index contributed by atoms with van der Waals surface area (Å²) >= 11 is 1.39. The van der Waals surface area contributed by atoms with Gasteiger partial charge in [-0.05, 0) is 44.5 Å². The van der Waals surface area contributed by atoms with Crippen LogP contribution in [-0.2, 0) is 12.7 Å². The number of hydrogen-bond donors (Lipinski definition) is 2. The fraction of sp³-hybridized carbons (Fsp3) is 0.438. The average molecular weight is 370 g/mol. The van der Waals surface area contributed by atoms with E-state index in [-0.39, 0.29) is 30.0 Å². The molecule has 5 nitrogen and oxygen atoms in total. The van der Waals surface area contributed by atoms with Crippen molar-refractivity contribution in [3.63, 3.8) is 0 Å². The molecule has 3 heterocycles. The maximum absolute atomic E-state index is 12.8. The van der Waals surface area contributed by atoms with Gasteiger partial charge < -0.3 is 10.6 Å². The number of carbonyl (C=O) groups excluding carboxylic acids is 1. The van der Waals surface area contributed by atoms with Crippen molar-refractivity contribution in [2.45, 2.75) is 38.5 Å². The Morgan fingerprint density at radius 2 is 2.20 bits per heavy atom. The number of alkyl halides is 3. The van der Waals surface area contributed by atoms with Crippen LogP contribution in [0.3, 0.4) is 0 Å². The van der Waals surface area contributed by atoms with E-state index in [0.29, 0.717) is 4.88 Å². The predicted molar refractivity (Wildman–Crippen MR) is 87.2 cm³/mol. The van der Waals surface area contributed by atoms with Gasteiger partial charge in [0, 0.05) is 16.6 Å². The molecule has 1 fully saturated rings. The lowest BCUT2D eigenvalue weighted by Gasteiger charge is -2.09. The van der Waals surface area contributed by atoms with E-state index in [1.807, 2.05) is 6.07 Å². The predicted octanol–water partition coefficient (Wildman–Crippen LogP) is 3.22. The monoisotopic (exact) mass is 370 g/mol. The van der Waals surface area contributed by atoms with E-state index in [0.717, 1.165) is 30.3 Å². The van der Waals surface area contributed by atoms with Crippen LogP contribution in [0, 0.1) is 6.92 Å². The van der Waals surface area contributed by atoms with E-state index in [2.05, 4.69) is 20.6 Å². The molecule has 134 valence electrons. The van der Waals surface area contributed by atoms with Crippen molar-refractivity contribution < 1.29 is 18.0 Å². The fourth-order valence-corrected chi connectivity index (χ4v) is 3.72. The Kier molecular flexibility index (Phi) is 5.05. The van der Waals surface area contributed by atoms with Crippen LogP contribution in [-0.4, -0.2) is 22.4 Å². The zero-order valence-electron chi connectivity index (χ0n) is 13.5. The maximum atomic E-state index is 12.8. The zero-order valence-corrected chi connectivity index (χ0v) is 14.3. The lowest BCUT2D eigenvalue weighted by atomic mass is 10.2. The number of thiophene rings is 1. The molecule has 1 atom stereocenters. The van der Waals surface area contributed by atoms with Crippen LogP contribution in [0.2, 0.25) is 0 Å². The van der Waals surface area contributed by atoms with Crippen LogP contribution in [0.5, 0.6) is 0 Å². The third-order valence-electron chi connectivity index (χ3n) is 3.85. The smallest absolute Gasteiger partial charge is 0.344 e. The van der Waals surface area contributed by atoms with Crippen LogP contribution < -0.4 is 10.6 Å². The number of aryl methyl sites for hydroxylation is 1. The second-order valence-corrected chi connectivity index (χ2v) is 6.96. The van der Waals surface area contributed by atoms with Gasteiger partial charge in [-0.1, -0.05) is 0 Å². The Labute approximate surface area is 146 Å². The molecule has 0 saturated carbocycles. The number of amides is 1. The van der Waals surface area contributed by atoms with Crippen LogP contribution in [0.15, 0.2) is 18.2 Å². The quantitative estimate of drug-likeness (QED) is 0.867. The van der Waals surface area contributed by atoms with E-state index in [1.165, 1.54) is 18.3 Å². The highest BCUT2D eigenvalue weighted by atomic mass is 32.1. The topological polar surface area (TPSA) is 66.9 Å². The number of aromatic nitrogens is 2. The van der Waals surface area contributed by atoms with E-state index < -0.39 is 11.9 Å². The van der Waals surface area contributed by atoms with E-state index >= 15 is 0 Å². The van der Waals surface area contributed by atoms with Crippen molar-refractivity contribution in [1.29, 1.82) is 0 Å². The Balaban J connectivity index is 1.65. The molecular formula is C16H17F3N4OS. The highest BCUT2D eigenvalue weighted by Crippen LogP contribution is 2.29. The van der Waals surface area contributed by atoms with E-state index in [1.54, 1.807) is 6.07 Å². The van der Waals surface area contributed by atoms with Crippen molar-refractivity contribution in [1.82, 2.24) is 20.6 Å². The van der Waals surface area contributed by atoms with Gasteiger partial charge in [0.15, 0.2) is 0 Å². The van der Waals surface area contributed by atoms with Crippen molar-refractivity contribution in [3.8, 4) is 0 Å². The second-order valence-electron chi connectivity index (χ2n) is 5.84. The summed E-state index contributed by atoms with van der Waals surface area (Å²) in [6.07, 6.45) is -2.39. The molecule has 2 N–H and O–H groups in total. The third kappa shape index (κ3) is 4.35. The van der Waals surface area contributed by atoms with Crippen LogP contribution in [0.1, 0.15) is 50.6 Å². The Morgan fingerprint density at radius 3 is 2.88 bits per heavy atom. The average Bonchev–Trinajstić information content (AvgIpc) is 3.22. The molecule has 1 saturated heterocycles. The van der Waals surface area contributed by atoms with Crippen molar-refractivity contribution in [2.75, 3.05) is 6.54 Å². The molecule has 0 aromatic carbocycles. The summed E-state index contributed by atoms with van der Waals surface area (Å²) in [5, 5.41) is 5.95. The molecule has 2 aromatic heterocycles. The molecule has 25 heavy (non-hydrogen) atoms. The minimum atomic E-state index is -4.54. The van der Waals surface area contributed by atoms with Crippen molar-refractivity contribution >= 4 is 17.2 Å². The number of nitrogens with zero attached hydrogens (tertiary/aromatic N) is 2. The van der Waals surface area contributed by atoms with Gasteiger partial charge in [0.05, 0.1) is 11.4 Å². The molecule has 2 aromatic rings. The Hall–Kier alpha value is -2.00. The number of carbonyl (C=O) groups is 1. The van der Waals surface area contributed by atoms with Gasteiger partial charge in [0.2, 0.25) is 0 Å². The number of rotatable bonds is 4. The van der Waals surface area contributed by atoms with Crippen LogP contribution in [0.4, 0.5) is 13.2 Å². The summed E-state index contributed by atoms with van der Waals surface area (Å²) in [5.74, 6) is -0.400. The van der Waals surface area contributed by atoms with Crippen molar-refractivity contribution in [2.24, 2.45) is 0 Å². The van der Waals surface area contributed by atoms with Gasteiger partial charge in [0.1, 0.15) is 11.5 Å². The molecular weight excluding hydrogens is 353 g/mol. The third-order valence-corrected chi connectivity index (χ3v) is 5.05. The Morgan fingerprint density at radius 1 is 1.40 bits per heavy atom. The normalized spacial score (nSPS) is 17.7. The number of halogens is 3. The largest absolute Gasteiger partial charge is 0.433 e. The summed E-state index contributed by atoms with van der Waals surface area (Å²) in [6.45, 7) is 2.28. The first kappa shape index (κ1) is 17.8. The van der Waals surface area contributed by atoms with Crippen LogP contribution in [0.25, 0.3) is 0 Å². The SMILES string of the molecule is Cc1cc(C(F)(F)F)nc(CNC(=O)c2ccc(C3CCCN3)s2)n1. The van der Waals surface area contributed by atoms with Gasteiger partial charge in [-0.15, -0.1) is 11.3 Å². The summed E-state index contributed by atoms with van der Waals surface area (Å²) in [5.41, 5.74) is -0.799. The maximum Gasteiger partial charge on any atom is 0.433 e. The van der Waals surface area contributed by atoms with E-state index in [4.69, 9.17) is 0 Å². The lowest BCUT2D eigenvalue weighted by molar-refractivity contribution is -0.141. The molecule has 0 radical (unpaired) electrons. The van der Waals surface area contributed by atoms with E-state index in [9.17, 15) is 18.0 Å². The standard InChI is InChI=1S/C16H17F3N4OS/c1-9-7-13(16(17,18)19)23-14(22-9)8-21-15(24)12-5-4-11(25-12)10-3-2-6-20-10/h4-5,7,10,20H,2-3,6,8H2,1H3,(H,21,24). The highest BCUT2D eigenvalue weighted by molar-refractivity contribution is 7.14. The summed E-state index contributed by atoms with van der Waals surface area (Å²) in [6, 6.07) is 4.80. The fourth-order valence-electron chi connectivity index (χ4n) is 2.69. The molecule has 0 spiro atoms. The minimum Gasteiger partial charge on any atom is -0.344 e.